The van der Waals surface area contributed by atoms with Crippen molar-refractivity contribution in [2.75, 3.05) is 12.4 Å². The monoisotopic (exact) mass is 268 g/mol. The third kappa shape index (κ3) is 2.56. The Hall–Kier alpha value is -1.63. The van der Waals surface area contributed by atoms with E-state index in [2.05, 4.69) is 10.4 Å². The lowest BCUT2D eigenvalue weighted by molar-refractivity contribution is -0.384. The molecule has 106 valence electrons. The lowest BCUT2D eigenvalue weighted by Gasteiger charge is -2.20. The molecule has 7 nitrogen and oxygen atoms in total. The van der Waals surface area contributed by atoms with E-state index in [9.17, 15) is 10.1 Å². The van der Waals surface area contributed by atoms with E-state index in [0.29, 0.717) is 17.9 Å². The first-order valence-electron chi connectivity index (χ1n) is 6.58. The second kappa shape index (κ2) is 5.56. The Bertz CT molecular complexity index is 472. The van der Waals surface area contributed by atoms with Gasteiger partial charge >= 0.3 is 5.69 Å². The summed E-state index contributed by atoms with van der Waals surface area (Å²) >= 11 is 0. The third-order valence-electron chi connectivity index (χ3n) is 3.69. The Morgan fingerprint density at radius 1 is 1.58 bits per heavy atom. The van der Waals surface area contributed by atoms with Crippen molar-refractivity contribution in [2.45, 2.75) is 44.8 Å². The van der Waals surface area contributed by atoms with Crippen molar-refractivity contribution in [1.29, 1.82) is 0 Å². The van der Waals surface area contributed by atoms with E-state index in [4.69, 9.17) is 4.74 Å². The lowest BCUT2D eigenvalue weighted by Crippen LogP contribution is -2.30. The SMILES string of the molecule is CCc1nn(C)c(NC2CCCC2OC)c1[N+](=O)[O-]. The van der Waals surface area contributed by atoms with Gasteiger partial charge in [0.15, 0.2) is 0 Å². The molecule has 2 atom stereocenters. The molecule has 7 heteroatoms. The number of methoxy groups -OCH3 is 1. The largest absolute Gasteiger partial charge is 0.379 e. The predicted octanol–water partition coefficient (Wildman–Crippen LogP) is 1.87. The molecule has 0 aromatic carbocycles. The highest BCUT2D eigenvalue weighted by Gasteiger charge is 2.32. The van der Waals surface area contributed by atoms with Gasteiger partial charge in [0.05, 0.1) is 17.1 Å². The molecular formula is C12H20N4O3. The van der Waals surface area contributed by atoms with Gasteiger partial charge in [-0.1, -0.05) is 6.92 Å². The van der Waals surface area contributed by atoms with Crippen LogP contribution in [0.3, 0.4) is 0 Å². The summed E-state index contributed by atoms with van der Waals surface area (Å²) < 4.78 is 6.96. The van der Waals surface area contributed by atoms with Crippen LogP contribution in [0.1, 0.15) is 31.9 Å². The summed E-state index contributed by atoms with van der Waals surface area (Å²) in [6.07, 6.45) is 3.68. The number of rotatable bonds is 5. The van der Waals surface area contributed by atoms with Crippen LogP contribution in [0.5, 0.6) is 0 Å². The molecule has 2 rings (SSSR count). The molecule has 1 saturated carbocycles. The van der Waals surface area contributed by atoms with Gasteiger partial charge in [0.1, 0.15) is 5.69 Å². The van der Waals surface area contributed by atoms with Crippen molar-refractivity contribution in [3.05, 3.63) is 15.8 Å². The normalized spacial score (nSPS) is 22.7. The van der Waals surface area contributed by atoms with Crippen molar-refractivity contribution >= 4 is 11.5 Å². The Morgan fingerprint density at radius 2 is 2.32 bits per heavy atom. The number of nitrogens with zero attached hydrogens (tertiary/aromatic N) is 3. The van der Waals surface area contributed by atoms with Crippen LogP contribution in [0.25, 0.3) is 0 Å². The Kier molecular flexibility index (Phi) is 4.04. The molecule has 1 heterocycles. The van der Waals surface area contributed by atoms with E-state index in [1.54, 1.807) is 18.8 Å². The standard InChI is InChI=1S/C12H20N4O3/c1-4-8-11(16(17)18)12(15(2)14-8)13-9-6-5-7-10(9)19-3/h9-10,13H,4-7H2,1-3H3. The highest BCUT2D eigenvalue weighted by molar-refractivity contribution is 5.60. The van der Waals surface area contributed by atoms with Gasteiger partial charge in [-0.05, 0) is 25.7 Å². The number of hydrogen-bond acceptors (Lipinski definition) is 5. The zero-order chi connectivity index (χ0) is 14.0. The number of hydrogen-bond donors (Lipinski definition) is 1. The predicted molar refractivity (Wildman–Crippen MR) is 71.3 cm³/mol. The van der Waals surface area contributed by atoms with Crippen molar-refractivity contribution in [1.82, 2.24) is 9.78 Å². The topological polar surface area (TPSA) is 82.2 Å². The number of ether oxygens (including phenoxy) is 1. The van der Waals surface area contributed by atoms with Crippen LogP contribution in [0, 0.1) is 10.1 Å². The fraction of sp³-hybridized carbons (Fsp3) is 0.750. The molecular weight excluding hydrogens is 248 g/mol. The molecule has 0 spiro atoms. The summed E-state index contributed by atoms with van der Waals surface area (Å²) in [6, 6.07) is 0.115. The molecule has 0 amide bonds. The second-order valence-corrected chi connectivity index (χ2v) is 4.83. The summed E-state index contributed by atoms with van der Waals surface area (Å²) in [6.45, 7) is 1.87. The number of nitrogens with one attached hydrogen (secondary N) is 1. The van der Waals surface area contributed by atoms with Crippen LogP contribution in [0.4, 0.5) is 11.5 Å². The molecule has 0 aliphatic heterocycles. The van der Waals surface area contributed by atoms with Crippen LogP contribution in [-0.2, 0) is 18.2 Å². The van der Waals surface area contributed by atoms with Crippen LogP contribution >= 0.6 is 0 Å². The number of aryl methyl sites for hydroxylation is 2. The molecule has 1 aliphatic carbocycles. The molecule has 0 radical (unpaired) electrons. The van der Waals surface area contributed by atoms with E-state index in [1.165, 1.54) is 0 Å². The van der Waals surface area contributed by atoms with Crippen LogP contribution in [0.15, 0.2) is 0 Å². The fourth-order valence-electron chi connectivity index (χ4n) is 2.71. The quantitative estimate of drug-likeness (QED) is 0.651. The highest BCUT2D eigenvalue weighted by Crippen LogP contribution is 2.32. The minimum absolute atomic E-state index is 0.0896. The summed E-state index contributed by atoms with van der Waals surface area (Å²) in [5, 5.41) is 18.7. The van der Waals surface area contributed by atoms with Crippen molar-refractivity contribution in [2.24, 2.45) is 7.05 Å². The maximum absolute atomic E-state index is 11.2. The smallest absolute Gasteiger partial charge is 0.333 e. The molecule has 2 unspecified atom stereocenters. The third-order valence-corrected chi connectivity index (χ3v) is 3.69. The van der Waals surface area contributed by atoms with Gasteiger partial charge in [0.25, 0.3) is 0 Å². The van der Waals surface area contributed by atoms with E-state index in [-0.39, 0.29) is 22.8 Å². The summed E-state index contributed by atoms with van der Waals surface area (Å²) in [4.78, 5) is 10.9. The Balaban J connectivity index is 2.29. The van der Waals surface area contributed by atoms with E-state index in [0.717, 1.165) is 19.3 Å². The van der Waals surface area contributed by atoms with Gasteiger partial charge in [-0.15, -0.1) is 0 Å². The molecule has 1 aromatic heterocycles. The molecule has 1 fully saturated rings. The van der Waals surface area contributed by atoms with E-state index >= 15 is 0 Å². The Morgan fingerprint density at radius 3 is 2.89 bits per heavy atom. The molecule has 1 N–H and O–H groups in total. The lowest BCUT2D eigenvalue weighted by atomic mass is 10.2. The van der Waals surface area contributed by atoms with Crippen LogP contribution in [0.2, 0.25) is 0 Å². The Labute approximate surface area is 112 Å². The van der Waals surface area contributed by atoms with Crippen molar-refractivity contribution in [3.63, 3.8) is 0 Å². The molecule has 0 saturated heterocycles. The summed E-state index contributed by atoms with van der Waals surface area (Å²) in [5.74, 6) is 0.482. The summed E-state index contributed by atoms with van der Waals surface area (Å²) in [5.41, 5.74) is 0.605. The fourth-order valence-corrected chi connectivity index (χ4v) is 2.71. The minimum Gasteiger partial charge on any atom is -0.379 e. The minimum atomic E-state index is -0.356. The average molecular weight is 268 g/mol. The average Bonchev–Trinajstić information content (AvgIpc) is 2.94. The van der Waals surface area contributed by atoms with Gasteiger partial charge in [-0.2, -0.15) is 5.10 Å². The molecule has 1 aliphatic rings. The van der Waals surface area contributed by atoms with Crippen molar-refractivity contribution in [3.8, 4) is 0 Å². The van der Waals surface area contributed by atoms with Crippen LogP contribution in [-0.4, -0.2) is 34.0 Å². The van der Waals surface area contributed by atoms with Gasteiger partial charge in [-0.25, -0.2) is 4.68 Å². The molecule has 1 aromatic rings. The van der Waals surface area contributed by atoms with Gasteiger partial charge in [-0.3, -0.25) is 10.1 Å². The first-order chi connectivity index (χ1) is 9.08. The van der Waals surface area contributed by atoms with E-state index < -0.39 is 0 Å². The zero-order valence-electron chi connectivity index (χ0n) is 11.5. The maximum atomic E-state index is 11.2. The first kappa shape index (κ1) is 13.8. The van der Waals surface area contributed by atoms with Gasteiger partial charge < -0.3 is 10.1 Å². The molecule has 19 heavy (non-hydrogen) atoms. The van der Waals surface area contributed by atoms with Gasteiger partial charge in [0.2, 0.25) is 5.82 Å². The zero-order valence-corrected chi connectivity index (χ0v) is 11.5. The number of anilines is 1. The van der Waals surface area contributed by atoms with Crippen LogP contribution < -0.4 is 5.32 Å². The van der Waals surface area contributed by atoms with Crippen molar-refractivity contribution < 1.29 is 9.66 Å². The number of nitro groups is 1. The van der Waals surface area contributed by atoms with E-state index in [1.807, 2.05) is 6.92 Å². The number of aromatic nitrogens is 2. The second-order valence-electron chi connectivity index (χ2n) is 4.83. The summed E-state index contributed by atoms with van der Waals surface area (Å²) in [7, 11) is 3.41. The maximum Gasteiger partial charge on any atom is 0.333 e. The highest BCUT2D eigenvalue weighted by atomic mass is 16.6. The van der Waals surface area contributed by atoms with Gasteiger partial charge in [0, 0.05) is 14.2 Å². The first-order valence-corrected chi connectivity index (χ1v) is 6.58. The molecule has 0 bridgehead atoms.